The lowest BCUT2D eigenvalue weighted by Gasteiger charge is -2.21. The Balaban J connectivity index is 3.72. The highest BCUT2D eigenvalue weighted by Crippen LogP contribution is 2.15. The van der Waals surface area contributed by atoms with E-state index in [0.717, 1.165) is 116 Å². The van der Waals surface area contributed by atoms with E-state index in [2.05, 4.69) is 25.7 Å². The Kier molecular flexibility index (Phi) is 31.9. The van der Waals surface area contributed by atoms with Gasteiger partial charge in [0.15, 0.2) is 0 Å². The van der Waals surface area contributed by atoms with Crippen molar-refractivity contribution in [3.63, 3.8) is 0 Å². The molecule has 0 aliphatic heterocycles. The highest BCUT2D eigenvalue weighted by Gasteiger charge is 2.13. The van der Waals surface area contributed by atoms with Crippen LogP contribution in [-0.2, 0) is 19.1 Å². The number of unbranched alkanes of at least 4 members (excludes halogenated alkanes) is 16. The predicted octanol–water partition coefficient (Wildman–Crippen LogP) is 9.55. The maximum absolute atomic E-state index is 12.3. The molecule has 0 aromatic carbocycles. The summed E-state index contributed by atoms with van der Waals surface area (Å²) < 4.78 is 11.1. The molecule has 0 saturated carbocycles. The third-order valence-corrected chi connectivity index (χ3v) is 8.20. The second kappa shape index (κ2) is 32.8. The van der Waals surface area contributed by atoms with Crippen LogP contribution in [0, 0.1) is 0 Å². The first kappa shape index (κ1) is 40.9. The molecule has 0 aromatic rings. The molecule has 0 bridgehead atoms. The molecule has 0 spiro atoms. The molecule has 0 amide bonds. The Labute approximate surface area is 261 Å². The third-order valence-electron chi connectivity index (χ3n) is 8.20. The third kappa shape index (κ3) is 29.0. The number of rotatable bonds is 33. The molecular formula is C36H71NO5. The van der Waals surface area contributed by atoms with Crippen LogP contribution in [0.3, 0.4) is 0 Å². The average molecular weight is 598 g/mol. The van der Waals surface area contributed by atoms with Crippen molar-refractivity contribution in [3.8, 4) is 0 Å². The number of esters is 2. The van der Waals surface area contributed by atoms with Crippen molar-refractivity contribution in [2.75, 3.05) is 32.8 Å². The Morgan fingerprint density at radius 2 is 1.00 bits per heavy atom. The summed E-state index contributed by atoms with van der Waals surface area (Å²) in [5, 5.41) is 9.45. The van der Waals surface area contributed by atoms with Gasteiger partial charge >= 0.3 is 11.9 Å². The van der Waals surface area contributed by atoms with Gasteiger partial charge in [0.2, 0.25) is 0 Å². The molecule has 250 valence electrons. The number of aliphatic hydroxyl groups excluding tert-OH is 1. The predicted molar refractivity (Wildman–Crippen MR) is 177 cm³/mol. The first-order valence-electron chi connectivity index (χ1n) is 18.3. The van der Waals surface area contributed by atoms with E-state index in [0.29, 0.717) is 19.4 Å². The van der Waals surface area contributed by atoms with Crippen molar-refractivity contribution >= 4 is 11.9 Å². The fourth-order valence-electron chi connectivity index (χ4n) is 5.43. The van der Waals surface area contributed by atoms with E-state index >= 15 is 0 Å². The molecule has 0 radical (unpaired) electrons. The SMILES string of the molecule is CCCCCCCCCOC(=O)CCCCCCCN(CCO)CCCCCCCC(=O)OC(CCCC)CCCC. The van der Waals surface area contributed by atoms with Gasteiger partial charge in [-0.25, -0.2) is 0 Å². The lowest BCUT2D eigenvalue weighted by molar-refractivity contribution is -0.150. The van der Waals surface area contributed by atoms with E-state index in [-0.39, 0.29) is 24.6 Å². The highest BCUT2D eigenvalue weighted by molar-refractivity contribution is 5.69. The average Bonchev–Trinajstić information content (AvgIpc) is 2.98. The largest absolute Gasteiger partial charge is 0.466 e. The number of hydrogen-bond donors (Lipinski definition) is 1. The fraction of sp³-hybridized carbons (Fsp3) is 0.944. The van der Waals surface area contributed by atoms with Crippen molar-refractivity contribution in [1.29, 1.82) is 0 Å². The lowest BCUT2D eigenvalue weighted by Crippen LogP contribution is -2.29. The summed E-state index contributed by atoms with van der Waals surface area (Å²) in [5.74, 6) is -0.0476. The molecule has 0 heterocycles. The molecule has 0 atom stereocenters. The quantitative estimate of drug-likeness (QED) is 0.0600. The molecular weight excluding hydrogens is 526 g/mol. The van der Waals surface area contributed by atoms with Gasteiger partial charge in [-0.05, 0) is 58.0 Å². The van der Waals surface area contributed by atoms with Crippen molar-refractivity contribution in [2.45, 2.75) is 187 Å². The second-order valence-electron chi connectivity index (χ2n) is 12.3. The topological polar surface area (TPSA) is 76.1 Å². The standard InChI is InChI=1S/C36H71NO5/c1-4-7-10-11-12-19-24-33-41-35(39)27-20-15-13-17-22-29-37(31-32-38)30-23-18-14-16-21-28-36(40)42-34(25-8-5-2)26-9-6-3/h34,38H,4-33H2,1-3H3. The lowest BCUT2D eigenvalue weighted by atomic mass is 10.1. The zero-order chi connectivity index (χ0) is 30.9. The number of nitrogens with zero attached hydrogens (tertiary/aromatic N) is 1. The monoisotopic (exact) mass is 598 g/mol. The van der Waals surface area contributed by atoms with Crippen LogP contribution in [0.25, 0.3) is 0 Å². The Bertz CT molecular complexity index is 577. The van der Waals surface area contributed by atoms with Crippen LogP contribution in [-0.4, -0.2) is 60.9 Å². The number of ether oxygens (including phenoxy) is 2. The van der Waals surface area contributed by atoms with Gasteiger partial charge in [0.1, 0.15) is 6.10 Å². The first-order chi connectivity index (χ1) is 20.6. The normalized spacial score (nSPS) is 11.5. The smallest absolute Gasteiger partial charge is 0.306 e. The zero-order valence-corrected chi connectivity index (χ0v) is 28.3. The molecule has 0 unspecified atom stereocenters. The highest BCUT2D eigenvalue weighted by atomic mass is 16.5. The molecule has 0 aliphatic rings. The summed E-state index contributed by atoms with van der Waals surface area (Å²) in [5.41, 5.74) is 0. The van der Waals surface area contributed by atoms with Crippen molar-refractivity contribution in [2.24, 2.45) is 0 Å². The minimum absolute atomic E-state index is 0.0138. The van der Waals surface area contributed by atoms with Crippen LogP contribution in [0.1, 0.15) is 181 Å². The summed E-state index contributed by atoms with van der Waals surface area (Å²) in [6.07, 6.45) is 27.4. The molecule has 0 fully saturated rings. The van der Waals surface area contributed by atoms with Gasteiger partial charge in [-0.3, -0.25) is 9.59 Å². The Morgan fingerprint density at radius 1 is 0.548 bits per heavy atom. The van der Waals surface area contributed by atoms with E-state index in [1.807, 2.05) is 0 Å². The minimum atomic E-state index is -0.0338. The van der Waals surface area contributed by atoms with Gasteiger partial charge < -0.3 is 19.5 Å². The number of hydrogen-bond acceptors (Lipinski definition) is 6. The molecule has 6 nitrogen and oxygen atoms in total. The van der Waals surface area contributed by atoms with E-state index in [1.54, 1.807) is 0 Å². The van der Waals surface area contributed by atoms with Crippen LogP contribution in [0.5, 0.6) is 0 Å². The fourth-order valence-corrected chi connectivity index (χ4v) is 5.43. The summed E-state index contributed by atoms with van der Waals surface area (Å²) in [6.45, 7) is 10.2. The zero-order valence-electron chi connectivity index (χ0n) is 28.3. The molecule has 0 saturated heterocycles. The van der Waals surface area contributed by atoms with E-state index in [1.165, 1.54) is 51.4 Å². The van der Waals surface area contributed by atoms with Crippen LogP contribution >= 0.6 is 0 Å². The van der Waals surface area contributed by atoms with Crippen LogP contribution in [0.2, 0.25) is 0 Å². The van der Waals surface area contributed by atoms with Crippen molar-refractivity contribution in [3.05, 3.63) is 0 Å². The summed E-state index contributed by atoms with van der Waals surface area (Å²) in [7, 11) is 0. The van der Waals surface area contributed by atoms with Crippen molar-refractivity contribution in [1.82, 2.24) is 4.90 Å². The van der Waals surface area contributed by atoms with Gasteiger partial charge in [-0.1, -0.05) is 124 Å². The molecule has 0 aromatic heterocycles. The number of aliphatic hydroxyl groups is 1. The molecule has 0 aliphatic carbocycles. The minimum Gasteiger partial charge on any atom is -0.466 e. The summed E-state index contributed by atoms with van der Waals surface area (Å²) in [4.78, 5) is 26.5. The molecule has 0 rings (SSSR count). The van der Waals surface area contributed by atoms with Crippen LogP contribution in [0.4, 0.5) is 0 Å². The number of carbonyl (C=O) groups excluding carboxylic acids is 2. The Morgan fingerprint density at radius 3 is 1.52 bits per heavy atom. The van der Waals surface area contributed by atoms with Gasteiger partial charge in [0.25, 0.3) is 0 Å². The summed E-state index contributed by atoms with van der Waals surface area (Å²) >= 11 is 0. The van der Waals surface area contributed by atoms with Crippen LogP contribution in [0.15, 0.2) is 0 Å². The summed E-state index contributed by atoms with van der Waals surface area (Å²) in [6, 6.07) is 0. The first-order valence-corrected chi connectivity index (χ1v) is 18.3. The van der Waals surface area contributed by atoms with Gasteiger partial charge in [0, 0.05) is 19.4 Å². The maximum atomic E-state index is 12.3. The van der Waals surface area contributed by atoms with Gasteiger partial charge in [-0.15, -0.1) is 0 Å². The van der Waals surface area contributed by atoms with Crippen LogP contribution < -0.4 is 0 Å². The van der Waals surface area contributed by atoms with E-state index < -0.39 is 0 Å². The Hall–Kier alpha value is -1.14. The second-order valence-corrected chi connectivity index (χ2v) is 12.3. The van der Waals surface area contributed by atoms with Crippen molar-refractivity contribution < 1.29 is 24.2 Å². The van der Waals surface area contributed by atoms with E-state index in [9.17, 15) is 14.7 Å². The van der Waals surface area contributed by atoms with Gasteiger partial charge in [-0.2, -0.15) is 0 Å². The molecule has 6 heteroatoms. The number of carbonyl (C=O) groups is 2. The van der Waals surface area contributed by atoms with E-state index in [4.69, 9.17) is 9.47 Å². The maximum Gasteiger partial charge on any atom is 0.306 e. The molecule has 1 N–H and O–H groups in total. The van der Waals surface area contributed by atoms with Gasteiger partial charge in [0.05, 0.1) is 13.2 Å². The molecule has 42 heavy (non-hydrogen) atoms.